The minimum atomic E-state index is -5.24. The number of nitrogens with one attached hydrogen (secondary N) is 1. The van der Waals surface area contributed by atoms with Crippen molar-refractivity contribution in [3.8, 4) is 11.5 Å². The van der Waals surface area contributed by atoms with E-state index in [2.05, 4.69) is 10.3 Å². The molecular weight excluding hydrogens is 393 g/mol. The third-order valence-electron chi connectivity index (χ3n) is 4.07. The van der Waals surface area contributed by atoms with E-state index in [0.717, 1.165) is 18.3 Å². The number of fused-ring (bicyclic) bond motifs is 2. The number of ether oxygens (including phenoxy) is 3. The molecule has 0 fully saturated rings. The highest BCUT2D eigenvalue weighted by atomic mass is 35.5. The van der Waals surface area contributed by atoms with Crippen LogP contribution in [0.5, 0.6) is 11.5 Å². The van der Waals surface area contributed by atoms with Gasteiger partial charge in [-0.05, 0) is 18.2 Å². The molecule has 0 aliphatic carbocycles. The Bertz CT molecular complexity index is 964. The van der Waals surface area contributed by atoms with Gasteiger partial charge in [0, 0.05) is 17.8 Å². The van der Waals surface area contributed by atoms with Gasteiger partial charge in [-0.3, -0.25) is 4.79 Å². The Hall–Kier alpha value is -3.01. The van der Waals surface area contributed by atoms with E-state index in [1.807, 2.05) is 0 Å². The highest BCUT2D eigenvalue weighted by Gasteiger charge is 2.69. The smallest absolute Gasteiger partial charge is 0.442 e. The van der Waals surface area contributed by atoms with E-state index in [1.54, 1.807) is 0 Å². The van der Waals surface area contributed by atoms with Crippen molar-refractivity contribution in [2.75, 3.05) is 12.1 Å². The van der Waals surface area contributed by atoms with Gasteiger partial charge in [0.15, 0.2) is 11.5 Å². The molecule has 2 aliphatic rings. The number of amides is 1. The van der Waals surface area contributed by atoms with Crippen LogP contribution in [0.1, 0.15) is 15.9 Å². The number of hydrogen-bond donors (Lipinski definition) is 1. The second kappa shape index (κ2) is 5.74. The molecule has 0 radical (unpaired) electrons. The Kier molecular flexibility index (Phi) is 3.70. The van der Waals surface area contributed by atoms with Crippen LogP contribution >= 0.6 is 11.6 Å². The molecular formula is C16H8ClF3N2O5. The Labute approximate surface area is 154 Å². The fraction of sp³-hybridized carbons (Fsp3) is 0.188. The maximum absolute atomic E-state index is 14.0. The van der Waals surface area contributed by atoms with Gasteiger partial charge >= 0.3 is 17.7 Å². The molecule has 2 aromatic rings. The first-order chi connectivity index (χ1) is 12.7. The number of hydrogen-bond acceptors (Lipinski definition) is 6. The molecule has 11 heteroatoms. The van der Waals surface area contributed by atoms with Crippen molar-refractivity contribution >= 4 is 29.2 Å². The number of carbonyl (C=O) groups excluding carboxylic acids is 2. The van der Waals surface area contributed by atoms with Crippen LogP contribution in [0.25, 0.3) is 0 Å². The number of aromatic nitrogens is 1. The van der Waals surface area contributed by atoms with Gasteiger partial charge in [-0.1, -0.05) is 11.6 Å². The minimum Gasteiger partial charge on any atom is -0.454 e. The Morgan fingerprint density at radius 3 is 2.59 bits per heavy atom. The van der Waals surface area contributed by atoms with Crippen LogP contribution in [0.3, 0.4) is 0 Å². The van der Waals surface area contributed by atoms with E-state index in [-0.39, 0.29) is 34.7 Å². The van der Waals surface area contributed by atoms with Crippen molar-refractivity contribution in [1.29, 1.82) is 0 Å². The summed E-state index contributed by atoms with van der Waals surface area (Å²) in [5.74, 6) is -2.77. The van der Waals surface area contributed by atoms with E-state index in [1.165, 1.54) is 12.1 Å². The molecule has 1 amide bonds. The van der Waals surface area contributed by atoms with Gasteiger partial charge in [0.05, 0.1) is 11.3 Å². The molecule has 0 saturated carbocycles. The highest BCUT2D eigenvalue weighted by Crippen LogP contribution is 2.53. The maximum Gasteiger partial charge on any atom is 0.442 e. The van der Waals surface area contributed by atoms with Gasteiger partial charge in [-0.2, -0.15) is 13.2 Å². The van der Waals surface area contributed by atoms with Gasteiger partial charge in [0.2, 0.25) is 6.79 Å². The van der Waals surface area contributed by atoms with Crippen molar-refractivity contribution < 1.29 is 37.0 Å². The number of benzene rings is 1. The monoisotopic (exact) mass is 400 g/mol. The summed E-state index contributed by atoms with van der Waals surface area (Å²) in [6.45, 7) is -0.179. The third-order valence-corrected chi connectivity index (χ3v) is 4.29. The van der Waals surface area contributed by atoms with E-state index in [9.17, 15) is 22.8 Å². The zero-order valence-electron chi connectivity index (χ0n) is 13.1. The van der Waals surface area contributed by atoms with Crippen LogP contribution in [-0.2, 0) is 15.1 Å². The topological polar surface area (TPSA) is 86.8 Å². The Balaban J connectivity index is 1.82. The summed E-state index contributed by atoms with van der Waals surface area (Å²) in [6.07, 6.45) is -4.30. The molecule has 0 spiro atoms. The molecule has 1 aromatic heterocycles. The van der Waals surface area contributed by atoms with Crippen LogP contribution in [0, 0.1) is 0 Å². The van der Waals surface area contributed by atoms with Crippen LogP contribution in [0.2, 0.25) is 5.15 Å². The summed E-state index contributed by atoms with van der Waals surface area (Å²) in [6, 6.07) is 4.49. The number of rotatable bonds is 2. The van der Waals surface area contributed by atoms with Crippen LogP contribution in [-0.4, -0.2) is 29.8 Å². The van der Waals surface area contributed by atoms with Crippen LogP contribution in [0.4, 0.5) is 18.9 Å². The lowest BCUT2D eigenvalue weighted by Crippen LogP contribution is -2.51. The Morgan fingerprint density at radius 1 is 1.26 bits per heavy atom. The number of halogens is 4. The van der Waals surface area contributed by atoms with Crippen molar-refractivity contribution in [1.82, 2.24) is 4.98 Å². The molecule has 1 aromatic carbocycles. The van der Waals surface area contributed by atoms with E-state index < -0.39 is 29.2 Å². The third kappa shape index (κ3) is 2.55. The fourth-order valence-electron chi connectivity index (χ4n) is 2.80. The second-order valence-electron chi connectivity index (χ2n) is 5.64. The molecule has 0 unspecified atom stereocenters. The summed E-state index contributed by atoms with van der Waals surface area (Å²) in [5, 5.41) is 2.12. The maximum atomic E-state index is 14.0. The zero-order valence-corrected chi connectivity index (χ0v) is 13.9. The van der Waals surface area contributed by atoms with Crippen molar-refractivity contribution in [3.63, 3.8) is 0 Å². The standard InChI is InChI=1S/C16H8ClF3N2O5/c17-12-2-1-7(5-21-12)13(23)27-15(16(18,19)20)8-3-10-11(26-6-25-10)4-9(8)22-14(15)24/h1-5H,6H2,(H,22,24)/t15-/m1/s1. The number of pyridine rings is 1. The van der Waals surface area contributed by atoms with Gasteiger partial charge in [0.25, 0.3) is 5.91 Å². The first-order valence-corrected chi connectivity index (χ1v) is 7.77. The lowest BCUT2D eigenvalue weighted by atomic mass is 9.93. The summed E-state index contributed by atoms with van der Waals surface area (Å²) < 4.78 is 56.9. The normalized spacial score (nSPS) is 20.2. The molecule has 0 saturated heterocycles. The quantitative estimate of drug-likeness (QED) is 0.616. The zero-order chi connectivity index (χ0) is 19.4. The summed E-state index contributed by atoms with van der Waals surface area (Å²) >= 11 is 5.60. The van der Waals surface area contributed by atoms with Crippen molar-refractivity contribution in [2.45, 2.75) is 11.8 Å². The second-order valence-corrected chi connectivity index (χ2v) is 6.03. The van der Waals surface area contributed by atoms with Gasteiger partial charge in [-0.25, -0.2) is 9.78 Å². The Morgan fingerprint density at radius 2 is 1.96 bits per heavy atom. The first kappa shape index (κ1) is 17.4. The molecule has 1 N–H and O–H groups in total. The lowest BCUT2D eigenvalue weighted by molar-refractivity contribution is -0.251. The molecule has 27 heavy (non-hydrogen) atoms. The van der Waals surface area contributed by atoms with Gasteiger partial charge in [-0.15, -0.1) is 0 Å². The predicted octanol–water partition coefficient (Wildman–Crippen LogP) is 3.03. The van der Waals surface area contributed by atoms with E-state index in [0.29, 0.717) is 0 Å². The number of esters is 1. The summed E-state index contributed by atoms with van der Waals surface area (Å²) in [7, 11) is 0. The number of nitrogens with zero attached hydrogens (tertiary/aromatic N) is 1. The first-order valence-electron chi connectivity index (χ1n) is 7.39. The summed E-state index contributed by atoms with van der Waals surface area (Å²) in [4.78, 5) is 28.3. The molecule has 2 aliphatic heterocycles. The molecule has 1 atom stereocenters. The van der Waals surface area contributed by atoms with Gasteiger partial charge in [0.1, 0.15) is 5.15 Å². The molecule has 0 bridgehead atoms. The number of carbonyl (C=O) groups is 2. The van der Waals surface area contributed by atoms with E-state index >= 15 is 0 Å². The van der Waals surface area contributed by atoms with E-state index in [4.69, 9.17) is 25.8 Å². The number of anilines is 1. The van der Waals surface area contributed by atoms with Crippen LogP contribution < -0.4 is 14.8 Å². The molecule has 3 heterocycles. The summed E-state index contributed by atoms with van der Waals surface area (Å²) in [5.41, 5.74) is -4.63. The van der Waals surface area contributed by atoms with Gasteiger partial charge < -0.3 is 19.5 Å². The minimum absolute atomic E-state index is 0.00286. The predicted molar refractivity (Wildman–Crippen MR) is 83.6 cm³/mol. The molecule has 140 valence electrons. The van der Waals surface area contributed by atoms with Crippen LogP contribution in [0.15, 0.2) is 30.5 Å². The average molecular weight is 401 g/mol. The molecule has 7 nitrogen and oxygen atoms in total. The van der Waals surface area contributed by atoms with Crippen molar-refractivity contribution in [2.24, 2.45) is 0 Å². The largest absolute Gasteiger partial charge is 0.454 e. The number of alkyl halides is 3. The van der Waals surface area contributed by atoms with Crippen molar-refractivity contribution in [3.05, 3.63) is 46.7 Å². The highest BCUT2D eigenvalue weighted by molar-refractivity contribution is 6.29. The lowest BCUT2D eigenvalue weighted by Gasteiger charge is -2.29. The molecule has 4 rings (SSSR count). The SMILES string of the molecule is O=C(O[C@@]1(C(F)(F)F)C(=O)Nc2cc3c(cc21)OCO3)c1ccc(Cl)nc1. The fourth-order valence-corrected chi connectivity index (χ4v) is 2.92. The average Bonchev–Trinajstić information content (AvgIpc) is 3.15.